The lowest BCUT2D eigenvalue weighted by molar-refractivity contribution is -0.126. The Labute approximate surface area is 148 Å². The van der Waals surface area contributed by atoms with Gasteiger partial charge < -0.3 is 16.0 Å². The number of carbonyl (C=O) groups excluding carboxylic acids is 2. The molecule has 2 amide bonds. The van der Waals surface area contributed by atoms with Crippen LogP contribution in [0.3, 0.4) is 0 Å². The molecule has 1 unspecified atom stereocenters. The first-order valence-electron chi connectivity index (χ1n) is 7.95. The van der Waals surface area contributed by atoms with Crippen molar-refractivity contribution in [2.45, 2.75) is 12.8 Å². The van der Waals surface area contributed by atoms with E-state index < -0.39 is 0 Å². The number of thiophene rings is 1. The zero-order chi connectivity index (χ0) is 16.9. The fraction of sp³-hybridized carbons (Fsp3) is 0.438. The lowest BCUT2D eigenvalue weighted by atomic mass is 9.97. The van der Waals surface area contributed by atoms with Crippen LogP contribution in [-0.4, -0.2) is 47.9 Å². The summed E-state index contributed by atoms with van der Waals surface area (Å²) in [4.78, 5) is 32.1. The Balaban J connectivity index is 1.65. The van der Waals surface area contributed by atoms with Crippen LogP contribution < -0.4 is 11.1 Å². The fourth-order valence-corrected chi connectivity index (χ4v) is 4.37. The van der Waals surface area contributed by atoms with E-state index in [1.54, 1.807) is 21.6 Å². The molecule has 2 aromatic heterocycles. The molecule has 2 aromatic rings. The molecule has 0 radical (unpaired) electrons. The Bertz CT molecular complexity index is 699. The van der Waals surface area contributed by atoms with Gasteiger partial charge in [0.1, 0.15) is 10.7 Å². The Morgan fingerprint density at radius 3 is 3.04 bits per heavy atom. The first-order valence-corrected chi connectivity index (χ1v) is 9.71. The number of nitrogens with zero attached hydrogens (tertiary/aromatic N) is 2. The standard InChI is InChI=1S/C16H20N4O2S2/c17-5-6-18-14(21)11-3-1-7-20(9-11)16(22)12-10-24-15(19-12)13-4-2-8-23-13/h2,4,8,10-11H,1,3,5-7,9,17H2,(H,18,21). The SMILES string of the molecule is NCCNC(=O)C1CCCN(C(=O)c2csc(-c3cccs3)n2)C1. The molecule has 1 fully saturated rings. The Kier molecular flexibility index (Phi) is 5.60. The van der Waals surface area contributed by atoms with Crippen LogP contribution >= 0.6 is 22.7 Å². The van der Waals surface area contributed by atoms with Gasteiger partial charge in [0.2, 0.25) is 5.91 Å². The second-order valence-electron chi connectivity index (χ2n) is 5.69. The molecule has 1 saturated heterocycles. The zero-order valence-corrected chi connectivity index (χ0v) is 14.9. The predicted octanol–water partition coefficient (Wildman–Crippen LogP) is 1.80. The summed E-state index contributed by atoms with van der Waals surface area (Å²) in [5, 5.41) is 7.47. The van der Waals surface area contributed by atoms with Crippen LogP contribution in [0.5, 0.6) is 0 Å². The molecular weight excluding hydrogens is 344 g/mol. The molecule has 8 heteroatoms. The molecule has 3 rings (SSSR count). The highest BCUT2D eigenvalue weighted by molar-refractivity contribution is 7.20. The van der Waals surface area contributed by atoms with Crippen molar-refractivity contribution in [1.29, 1.82) is 0 Å². The van der Waals surface area contributed by atoms with Crippen molar-refractivity contribution in [3.05, 3.63) is 28.6 Å². The number of amides is 2. The van der Waals surface area contributed by atoms with Crippen LogP contribution in [0.4, 0.5) is 0 Å². The van der Waals surface area contributed by atoms with E-state index in [0.29, 0.717) is 31.9 Å². The molecule has 1 aliphatic rings. The number of nitrogens with two attached hydrogens (primary N) is 1. The first kappa shape index (κ1) is 17.1. The molecular formula is C16H20N4O2S2. The minimum atomic E-state index is -0.162. The van der Waals surface area contributed by atoms with E-state index in [2.05, 4.69) is 10.3 Å². The van der Waals surface area contributed by atoms with Crippen molar-refractivity contribution >= 4 is 34.5 Å². The molecule has 6 nitrogen and oxygen atoms in total. The summed E-state index contributed by atoms with van der Waals surface area (Å²) in [6.45, 7) is 2.01. The van der Waals surface area contributed by atoms with Gasteiger partial charge in [0, 0.05) is 31.6 Å². The second-order valence-corrected chi connectivity index (χ2v) is 7.49. The number of likely N-dealkylation sites (tertiary alicyclic amines) is 1. The van der Waals surface area contributed by atoms with Crippen LogP contribution in [-0.2, 0) is 4.79 Å². The average molecular weight is 364 g/mol. The number of hydrogen-bond donors (Lipinski definition) is 2. The van der Waals surface area contributed by atoms with E-state index in [0.717, 1.165) is 22.7 Å². The fourth-order valence-electron chi connectivity index (χ4n) is 2.76. The Morgan fingerprint density at radius 1 is 1.42 bits per heavy atom. The van der Waals surface area contributed by atoms with E-state index >= 15 is 0 Å². The molecule has 0 aromatic carbocycles. The first-order chi connectivity index (χ1) is 11.7. The normalized spacial score (nSPS) is 17.7. The number of rotatable bonds is 5. The van der Waals surface area contributed by atoms with Crippen molar-refractivity contribution in [3.63, 3.8) is 0 Å². The lowest BCUT2D eigenvalue weighted by Gasteiger charge is -2.31. The summed E-state index contributed by atoms with van der Waals surface area (Å²) in [6.07, 6.45) is 1.63. The molecule has 24 heavy (non-hydrogen) atoms. The van der Waals surface area contributed by atoms with Crippen molar-refractivity contribution in [3.8, 4) is 9.88 Å². The number of nitrogens with one attached hydrogen (secondary N) is 1. The van der Waals surface area contributed by atoms with E-state index in [4.69, 9.17) is 5.73 Å². The summed E-state index contributed by atoms with van der Waals surface area (Å²) in [5.74, 6) is -0.273. The molecule has 1 aliphatic heterocycles. The van der Waals surface area contributed by atoms with E-state index in [9.17, 15) is 9.59 Å². The number of carbonyl (C=O) groups is 2. The summed E-state index contributed by atoms with van der Waals surface area (Å²) >= 11 is 3.08. The van der Waals surface area contributed by atoms with Gasteiger partial charge in [-0.3, -0.25) is 9.59 Å². The van der Waals surface area contributed by atoms with Gasteiger partial charge in [0.25, 0.3) is 5.91 Å². The van der Waals surface area contributed by atoms with E-state index in [1.165, 1.54) is 11.3 Å². The topological polar surface area (TPSA) is 88.3 Å². The van der Waals surface area contributed by atoms with Gasteiger partial charge >= 0.3 is 0 Å². The molecule has 3 heterocycles. The van der Waals surface area contributed by atoms with Crippen molar-refractivity contribution < 1.29 is 9.59 Å². The van der Waals surface area contributed by atoms with Gasteiger partial charge in [-0.05, 0) is 24.3 Å². The number of thiazole rings is 1. The highest BCUT2D eigenvalue weighted by Gasteiger charge is 2.29. The van der Waals surface area contributed by atoms with E-state index in [1.807, 2.05) is 17.5 Å². The maximum atomic E-state index is 12.7. The highest BCUT2D eigenvalue weighted by Crippen LogP contribution is 2.28. The predicted molar refractivity (Wildman–Crippen MR) is 96.1 cm³/mol. The van der Waals surface area contributed by atoms with Crippen LogP contribution in [0, 0.1) is 5.92 Å². The maximum absolute atomic E-state index is 12.7. The van der Waals surface area contributed by atoms with Crippen LogP contribution in [0.1, 0.15) is 23.3 Å². The van der Waals surface area contributed by atoms with Crippen molar-refractivity contribution in [1.82, 2.24) is 15.2 Å². The van der Waals surface area contributed by atoms with Gasteiger partial charge in [-0.15, -0.1) is 22.7 Å². The monoisotopic (exact) mass is 364 g/mol. The summed E-state index contributed by atoms with van der Waals surface area (Å²) in [5.41, 5.74) is 5.88. The maximum Gasteiger partial charge on any atom is 0.273 e. The number of hydrogen-bond acceptors (Lipinski definition) is 6. The lowest BCUT2D eigenvalue weighted by Crippen LogP contribution is -2.46. The molecule has 0 saturated carbocycles. The van der Waals surface area contributed by atoms with Crippen LogP contribution in [0.25, 0.3) is 9.88 Å². The smallest absolute Gasteiger partial charge is 0.273 e. The molecule has 3 N–H and O–H groups in total. The molecule has 0 spiro atoms. The minimum absolute atomic E-state index is 0.0181. The van der Waals surface area contributed by atoms with Gasteiger partial charge in [-0.25, -0.2) is 4.98 Å². The van der Waals surface area contributed by atoms with Gasteiger partial charge in [-0.2, -0.15) is 0 Å². The third kappa shape index (κ3) is 3.82. The molecule has 128 valence electrons. The summed E-state index contributed by atoms with van der Waals surface area (Å²) < 4.78 is 0. The van der Waals surface area contributed by atoms with Gasteiger partial charge in [0.15, 0.2) is 0 Å². The number of piperidine rings is 1. The van der Waals surface area contributed by atoms with E-state index in [-0.39, 0.29) is 17.7 Å². The summed E-state index contributed by atoms with van der Waals surface area (Å²) in [6, 6.07) is 3.97. The van der Waals surface area contributed by atoms with Crippen LogP contribution in [0.2, 0.25) is 0 Å². The second kappa shape index (κ2) is 7.87. The Hall–Kier alpha value is -1.77. The molecule has 1 atom stereocenters. The van der Waals surface area contributed by atoms with Crippen molar-refractivity contribution in [2.75, 3.05) is 26.2 Å². The third-order valence-corrected chi connectivity index (χ3v) is 5.86. The van der Waals surface area contributed by atoms with Gasteiger partial charge in [-0.1, -0.05) is 6.07 Å². The molecule has 0 aliphatic carbocycles. The zero-order valence-electron chi connectivity index (χ0n) is 13.2. The third-order valence-electron chi connectivity index (χ3n) is 3.98. The highest BCUT2D eigenvalue weighted by atomic mass is 32.1. The number of aromatic nitrogens is 1. The van der Waals surface area contributed by atoms with Crippen LogP contribution in [0.15, 0.2) is 22.9 Å². The van der Waals surface area contributed by atoms with Gasteiger partial charge in [0.05, 0.1) is 10.8 Å². The Morgan fingerprint density at radius 2 is 2.29 bits per heavy atom. The average Bonchev–Trinajstić information content (AvgIpc) is 3.30. The minimum Gasteiger partial charge on any atom is -0.355 e. The molecule has 0 bridgehead atoms. The largest absolute Gasteiger partial charge is 0.355 e. The van der Waals surface area contributed by atoms with Crippen molar-refractivity contribution in [2.24, 2.45) is 11.7 Å². The summed E-state index contributed by atoms with van der Waals surface area (Å²) in [7, 11) is 0. The quantitative estimate of drug-likeness (QED) is 0.847.